The van der Waals surface area contributed by atoms with E-state index < -0.39 is 11.9 Å². The molecule has 228 valence electrons. The van der Waals surface area contributed by atoms with Crippen LogP contribution in [-0.4, -0.2) is 22.2 Å². The molecule has 0 aromatic carbocycles. The third kappa shape index (κ3) is 13.7. The Morgan fingerprint density at radius 2 is 1.30 bits per heavy atom. The van der Waals surface area contributed by atoms with Crippen LogP contribution >= 0.6 is 0 Å². The average molecular weight is 557 g/mol. The molecule has 0 bridgehead atoms. The number of carboxylic acids is 2. The summed E-state index contributed by atoms with van der Waals surface area (Å²) in [6.07, 6.45) is 35.7. The van der Waals surface area contributed by atoms with E-state index in [1.807, 2.05) is 0 Å². The van der Waals surface area contributed by atoms with E-state index in [-0.39, 0.29) is 0 Å². The number of hydrogen-bond acceptors (Lipinski definition) is 2. The van der Waals surface area contributed by atoms with Gasteiger partial charge in [0.1, 0.15) is 0 Å². The smallest absolute Gasteiger partial charge is 0.303 e. The van der Waals surface area contributed by atoms with Gasteiger partial charge in [-0.2, -0.15) is 0 Å². The van der Waals surface area contributed by atoms with Gasteiger partial charge in [-0.1, -0.05) is 127 Å². The molecular formula is C36H60O4. The highest BCUT2D eigenvalue weighted by Gasteiger charge is 2.36. The zero-order valence-electron chi connectivity index (χ0n) is 25.8. The van der Waals surface area contributed by atoms with Gasteiger partial charge in [-0.05, 0) is 68.6 Å². The summed E-state index contributed by atoms with van der Waals surface area (Å²) >= 11 is 0. The molecule has 0 spiro atoms. The van der Waals surface area contributed by atoms with Gasteiger partial charge in [0.2, 0.25) is 0 Å². The molecule has 5 unspecified atom stereocenters. The SMILES string of the molecule is CCCCC=CC1C2=CC(CCCCCCCC(=O)O)C(CCCCCCCC(=O)O)CC2C=CC1CCCC. The summed E-state index contributed by atoms with van der Waals surface area (Å²) in [6, 6.07) is 0. The van der Waals surface area contributed by atoms with Gasteiger partial charge in [-0.25, -0.2) is 0 Å². The van der Waals surface area contributed by atoms with Crippen LogP contribution in [0.25, 0.3) is 0 Å². The van der Waals surface area contributed by atoms with Gasteiger partial charge in [-0.15, -0.1) is 0 Å². The van der Waals surface area contributed by atoms with Crippen LogP contribution in [0.5, 0.6) is 0 Å². The Kier molecular flexibility index (Phi) is 18.0. The predicted octanol–water partition coefficient (Wildman–Crippen LogP) is 10.5. The quantitative estimate of drug-likeness (QED) is 0.0969. The molecule has 5 atom stereocenters. The normalized spacial score (nSPS) is 24.2. The number of aliphatic carboxylic acids is 2. The molecule has 4 nitrogen and oxygen atoms in total. The maximum atomic E-state index is 10.8. The molecule has 0 saturated heterocycles. The van der Waals surface area contributed by atoms with Crippen molar-refractivity contribution in [3.8, 4) is 0 Å². The first-order chi connectivity index (χ1) is 19.5. The van der Waals surface area contributed by atoms with Crippen LogP contribution in [0.1, 0.15) is 149 Å². The Labute approximate surface area is 245 Å². The summed E-state index contributed by atoms with van der Waals surface area (Å²) in [4.78, 5) is 21.6. The van der Waals surface area contributed by atoms with Gasteiger partial charge in [0, 0.05) is 18.8 Å². The Morgan fingerprint density at radius 1 is 0.725 bits per heavy atom. The molecule has 0 aromatic rings. The lowest BCUT2D eigenvalue weighted by atomic mass is 9.63. The van der Waals surface area contributed by atoms with Crippen LogP contribution < -0.4 is 0 Å². The van der Waals surface area contributed by atoms with Gasteiger partial charge >= 0.3 is 11.9 Å². The highest BCUT2D eigenvalue weighted by molar-refractivity contribution is 5.66. The van der Waals surface area contributed by atoms with Crippen molar-refractivity contribution in [2.75, 3.05) is 0 Å². The molecular weight excluding hydrogens is 496 g/mol. The summed E-state index contributed by atoms with van der Waals surface area (Å²) in [5.74, 6) is 1.83. The lowest BCUT2D eigenvalue weighted by Gasteiger charge is -2.41. The first kappa shape index (κ1) is 34.4. The van der Waals surface area contributed by atoms with Crippen molar-refractivity contribution in [2.24, 2.45) is 29.6 Å². The van der Waals surface area contributed by atoms with Crippen LogP contribution in [0, 0.1) is 29.6 Å². The molecule has 0 aliphatic heterocycles. The van der Waals surface area contributed by atoms with Crippen molar-refractivity contribution < 1.29 is 19.8 Å². The fraction of sp³-hybridized carbons (Fsp3) is 0.778. The number of unbranched alkanes of at least 4 members (excludes halogenated alkanes) is 11. The fourth-order valence-electron chi connectivity index (χ4n) is 6.92. The van der Waals surface area contributed by atoms with E-state index in [2.05, 4.69) is 44.2 Å². The summed E-state index contributed by atoms with van der Waals surface area (Å²) in [7, 11) is 0. The second kappa shape index (κ2) is 20.9. The predicted molar refractivity (Wildman–Crippen MR) is 167 cm³/mol. The molecule has 0 aromatic heterocycles. The summed E-state index contributed by atoms with van der Waals surface area (Å²) < 4.78 is 0. The van der Waals surface area contributed by atoms with Crippen LogP contribution in [0.4, 0.5) is 0 Å². The van der Waals surface area contributed by atoms with Crippen LogP contribution in [0.3, 0.4) is 0 Å². The number of carbonyl (C=O) groups is 2. The van der Waals surface area contributed by atoms with E-state index >= 15 is 0 Å². The van der Waals surface area contributed by atoms with Crippen molar-refractivity contribution in [1.29, 1.82) is 0 Å². The fourth-order valence-corrected chi connectivity index (χ4v) is 6.92. The van der Waals surface area contributed by atoms with Crippen molar-refractivity contribution in [1.82, 2.24) is 0 Å². The highest BCUT2D eigenvalue weighted by atomic mass is 16.4. The standard InChI is InChI=1S/C36H60O4/c1-3-5-7-16-22-33-29(19-6-4-2)25-26-32-27-30(20-14-10-8-12-17-23-35(37)38)31(28-34(32)33)21-15-11-9-13-18-24-36(39)40/h16,22,25-26,28-33H,3-15,17-21,23-24,27H2,1-2H3,(H,37,38)(H,39,40). The molecule has 2 N–H and O–H groups in total. The van der Waals surface area contributed by atoms with Crippen molar-refractivity contribution in [3.63, 3.8) is 0 Å². The molecule has 2 aliphatic rings. The zero-order valence-corrected chi connectivity index (χ0v) is 25.8. The van der Waals surface area contributed by atoms with Gasteiger partial charge in [0.05, 0.1) is 0 Å². The Hall–Kier alpha value is -1.84. The molecule has 0 amide bonds. The first-order valence-electron chi connectivity index (χ1n) is 17.0. The molecule has 2 aliphatic carbocycles. The Morgan fingerprint density at radius 3 is 1.93 bits per heavy atom. The molecule has 4 heteroatoms. The van der Waals surface area contributed by atoms with Crippen molar-refractivity contribution in [2.45, 2.75) is 149 Å². The molecule has 40 heavy (non-hydrogen) atoms. The third-order valence-corrected chi connectivity index (χ3v) is 9.29. The number of rotatable bonds is 23. The van der Waals surface area contributed by atoms with E-state index in [9.17, 15) is 9.59 Å². The number of hydrogen-bond donors (Lipinski definition) is 2. The largest absolute Gasteiger partial charge is 0.481 e. The van der Waals surface area contributed by atoms with E-state index in [0.29, 0.717) is 36.5 Å². The van der Waals surface area contributed by atoms with Gasteiger partial charge in [0.25, 0.3) is 0 Å². The maximum Gasteiger partial charge on any atom is 0.303 e. The lowest BCUT2D eigenvalue weighted by Crippen LogP contribution is -2.31. The van der Waals surface area contributed by atoms with Gasteiger partial charge in [-0.3, -0.25) is 9.59 Å². The third-order valence-electron chi connectivity index (χ3n) is 9.29. The van der Waals surface area contributed by atoms with Gasteiger partial charge in [0.15, 0.2) is 0 Å². The minimum Gasteiger partial charge on any atom is -0.481 e. The van der Waals surface area contributed by atoms with Crippen LogP contribution in [0.2, 0.25) is 0 Å². The number of fused-ring (bicyclic) bond motifs is 1. The minimum absolute atomic E-state index is 0.300. The van der Waals surface area contributed by atoms with Gasteiger partial charge < -0.3 is 10.2 Å². The van der Waals surface area contributed by atoms with Crippen molar-refractivity contribution in [3.05, 3.63) is 36.0 Å². The first-order valence-corrected chi connectivity index (χ1v) is 17.0. The molecule has 0 radical (unpaired) electrons. The summed E-state index contributed by atoms with van der Waals surface area (Å²) in [5.41, 5.74) is 1.70. The van der Waals surface area contributed by atoms with E-state index in [0.717, 1.165) is 44.4 Å². The maximum absolute atomic E-state index is 10.8. The van der Waals surface area contributed by atoms with E-state index in [1.54, 1.807) is 5.57 Å². The number of allylic oxidation sites excluding steroid dienone is 6. The second-order valence-electron chi connectivity index (χ2n) is 12.6. The molecule has 0 heterocycles. The highest BCUT2D eigenvalue weighted by Crippen LogP contribution is 2.47. The average Bonchev–Trinajstić information content (AvgIpc) is 2.93. The Bertz CT molecular complexity index is 795. The summed E-state index contributed by atoms with van der Waals surface area (Å²) in [5, 5.41) is 17.8. The molecule has 2 rings (SSSR count). The van der Waals surface area contributed by atoms with Crippen LogP contribution in [-0.2, 0) is 9.59 Å². The van der Waals surface area contributed by atoms with Crippen LogP contribution in [0.15, 0.2) is 36.0 Å². The van der Waals surface area contributed by atoms with Crippen molar-refractivity contribution >= 4 is 11.9 Å². The Balaban J connectivity index is 2.04. The van der Waals surface area contributed by atoms with E-state index in [4.69, 9.17) is 10.2 Å². The number of carboxylic acid groups (broad SMARTS) is 2. The monoisotopic (exact) mass is 556 g/mol. The molecule has 0 fully saturated rings. The topological polar surface area (TPSA) is 74.6 Å². The second-order valence-corrected chi connectivity index (χ2v) is 12.6. The molecule has 0 saturated carbocycles. The van der Waals surface area contributed by atoms with E-state index in [1.165, 1.54) is 83.5 Å². The summed E-state index contributed by atoms with van der Waals surface area (Å²) in [6.45, 7) is 4.57. The zero-order chi connectivity index (χ0) is 29.0. The lowest BCUT2D eigenvalue weighted by molar-refractivity contribution is -0.138. The minimum atomic E-state index is -0.676.